The van der Waals surface area contributed by atoms with Crippen LogP contribution in [0.3, 0.4) is 0 Å². The van der Waals surface area contributed by atoms with Gasteiger partial charge in [-0.2, -0.15) is 0 Å². The summed E-state index contributed by atoms with van der Waals surface area (Å²) in [5, 5.41) is 5.54. The SMILES string of the molecule is COc1cc(Cl)ccc1CNc1cc(Cl)c2ccccc2n1. The molecule has 0 fully saturated rings. The highest BCUT2D eigenvalue weighted by Gasteiger charge is 2.06. The maximum atomic E-state index is 6.30. The van der Waals surface area contributed by atoms with Crippen molar-refractivity contribution in [3.05, 3.63) is 64.1 Å². The number of hydrogen-bond acceptors (Lipinski definition) is 3. The molecule has 0 aliphatic carbocycles. The lowest BCUT2D eigenvalue weighted by Crippen LogP contribution is -2.03. The van der Waals surface area contributed by atoms with Crippen molar-refractivity contribution in [3.8, 4) is 5.75 Å². The van der Waals surface area contributed by atoms with Gasteiger partial charge in [-0.25, -0.2) is 4.98 Å². The molecule has 5 heteroatoms. The van der Waals surface area contributed by atoms with Crippen molar-refractivity contribution >= 4 is 39.9 Å². The highest BCUT2D eigenvalue weighted by atomic mass is 35.5. The molecule has 22 heavy (non-hydrogen) atoms. The predicted octanol–water partition coefficient (Wildman–Crippen LogP) is 5.16. The molecule has 0 atom stereocenters. The number of para-hydroxylation sites is 1. The summed E-state index contributed by atoms with van der Waals surface area (Å²) in [6.45, 7) is 0.571. The lowest BCUT2D eigenvalue weighted by molar-refractivity contribution is 0.410. The number of hydrogen-bond donors (Lipinski definition) is 1. The van der Waals surface area contributed by atoms with Crippen LogP contribution in [0.1, 0.15) is 5.56 Å². The molecule has 0 saturated carbocycles. The molecule has 0 aliphatic heterocycles. The number of benzene rings is 2. The zero-order valence-corrected chi connectivity index (χ0v) is 13.4. The van der Waals surface area contributed by atoms with Crippen LogP contribution in [-0.2, 0) is 6.54 Å². The van der Waals surface area contributed by atoms with Crippen molar-refractivity contribution in [3.63, 3.8) is 0 Å². The Morgan fingerprint density at radius 2 is 1.91 bits per heavy atom. The van der Waals surface area contributed by atoms with Crippen LogP contribution in [0.25, 0.3) is 10.9 Å². The summed E-state index contributed by atoms with van der Waals surface area (Å²) in [5.41, 5.74) is 1.86. The van der Waals surface area contributed by atoms with Crippen LogP contribution in [0.4, 0.5) is 5.82 Å². The predicted molar refractivity (Wildman–Crippen MR) is 92.1 cm³/mol. The fraction of sp³-hybridized carbons (Fsp3) is 0.118. The van der Waals surface area contributed by atoms with Crippen LogP contribution >= 0.6 is 23.2 Å². The normalized spacial score (nSPS) is 10.7. The molecule has 0 bridgehead atoms. The van der Waals surface area contributed by atoms with Crippen LogP contribution in [0.2, 0.25) is 10.0 Å². The van der Waals surface area contributed by atoms with E-state index in [4.69, 9.17) is 27.9 Å². The number of nitrogens with zero attached hydrogens (tertiary/aromatic N) is 1. The zero-order chi connectivity index (χ0) is 15.5. The number of pyridine rings is 1. The van der Waals surface area contributed by atoms with E-state index in [-0.39, 0.29) is 0 Å². The molecule has 0 amide bonds. The Labute approximate surface area is 138 Å². The number of ether oxygens (including phenoxy) is 1. The minimum Gasteiger partial charge on any atom is -0.496 e. The maximum absolute atomic E-state index is 6.30. The summed E-state index contributed by atoms with van der Waals surface area (Å²) < 4.78 is 5.34. The zero-order valence-electron chi connectivity index (χ0n) is 11.9. The molecule has 1 heterocycles. The molecular formula is C17H14Cl2N2O. The fourth-order valence-corrected chi connectivity index (χ4v) is 2.70. The first-order valence-electron chi connectivity index (χ1n) is 6.79. The minimum absolute atomic E-state index is 0.571. The first-order valence-corrected chi connectivity index (χ1v) is 7.54. The number of halogens is 2. The molecule has 112 valence electrons. The number of aromatic nitrogens is 1. The molecule has 3 aromatic rings. The Balaban J connectivity index is 1.85. The van der Waals surface area contributed by atoms with E-state index in [0.717, 1.165) is 28.0 Å². The Morgan fingerprint density at radius 3 is 2.73 bits per heavy atom. The largest absolute Gasteiger partial charge is 0.496 e. The van der Waals surface area contributed by atoms with Gasteiger partial charge in [0.15, 0.2) is 0 Å². The van der Waals surface area contributed by atoms with E-state index < -0.39 is 0 Å². The Bertz CT molecular complexity index is 821. The van der Waals surface area contributed by atoms with Gasteiger partial charge in [0.05, 0.1) is 17.6 Å². The van der Waals surface area contributed by atoms with Gasteiger partial charge in [0.25, 0.3) is 0 Å². The summed E-state index contributed by atoms with van der Waals surface area (Å²) in [6.07, 6.45) is 0. The van der Waals surface area contributed by atoms with Gasteiger partial charge >= 0.3 is 0 Å². The lowest BCUT2D eigenvalue weighted by Gasteiger charge is -2.11. The van der Waals surface area contributed by atoms with Crippen molar-refractivity contribution in [2.75, 3.05) is 12.4 Å². The number of rotatable bonds is 4. The van der Waals surface area contributed by atoms with Gasteiger partial charge in [0.2, 0.25) is 0 Å². The van der Waals surface area contributed by atoms with Crippen molar-refractivity contribution in [1.29, 1.82) is 0 Å². The molecule has 2 aromatic carbocycles. The Hall–Kier alpha value is -1.97. The molecule has 0 spiro atoms. The van der Waals surface area contributed by atoms with Crippen LogP contribution in [-0.4, -0.2) is 12.1 Å². The number of anilines is 1. The molecule has 0 saturated heterocycles. The summed E-state index contributed by atoms with van der Waals surface area (Å²) in [6, 6.07) is 15.2. The molecule has 3 rings (SSSR count). The highest BCUT2D eigenvalue weighted by molar-refractivity contribution is 6.35. The van der Waals surface area contributed by atoms with Gasteiger partial charge in [-0.3, -0.25) is 0 Å². The van der Waals surface area contributed by atoms with Crippen molar-refractivity contribution in [1.82, 2.24) is 4.98 Å². The summed E-state index contributed by atoms with van der Waals surface area (Å²) >= 11 is 12.3. The van der Waals surface area contributed by atoms with Crippen molar-refractivity contribution in [2.24, 2.45) is 0 Å². The van der Waals surface area contributed by atoms with E-state index in [1.807, 2.05) is 42.5 Å². The average molecular weight is 333 g/mol. The monoisotopic (exact) mass is 332 g/mol. The van der Waals surface area contributed by atoms with Crippen LogP contribution in [0, 0.1) is 0 Å². The fourth-order valence-electron chi connectivity index (χ4n) is 2.27. The Kier molecular flexibility index (Phi) is 4.36. The van der Waals surface area contributed by atoms with Crippen molar-refractivity contribution < 1.29 is 4.74 Å². The smallest absolute Gasteiger partial charge is 0.128 e. The van der Waals surface area contributed by atoms with E-state index in [2.05, 4.69) is 10.3 Å². The first kappa shape index (κ1) is 14.9. The van der Waals surface area contributed by atoms with Gasteiger partial charge in [0, 0.05) is 22.5 Å². The van der Waals surface area contributed by atoms with Crippen LogP contribution in [0.15, 0.2) is 48.5 Å². The molecule has 1 aromatic heterocycles. The molecule has 0 unspecified atom stereocenters. The topological polar surface area (TPSA) is 34.1 Å². The van der Waals surface area contributed by atoms with Gasteiger partial charge < -0.3 is 10.1 Å². The average Bonchev–Trinajstić information content (AvgIpc) is 2.53. The molecule has 3 nitrogen and oxygen atoms in total. The number of methoxy groups -OCH3 is 1. The third-order valence-corrected chi connectivity index (χ3v) is 3.92. The number of nitrogens with one attached hydrogen (secondary N) is 1. The van der Waals surface area contributed by atoms with Gasteiger partial charge in [0.1, 0.15) is 11.6 Å². The van der Waals surface area contributed by atoms with Gasteiger partial charge in [-0.15, -0.1) is 0 Å². The molecule has 1 N–H and O–H groups in total. The quantitative estimate of drug-likeness (QED) is 0.716. The second-order valence-electron chi connectivity index (χ2n) is 4.82. The molecular weight excluding hydrogens is 319 g/mol. The third kappa shape index (κ3) is 3.11. The maximum Gasteiger partial charge on any atom is 0.128 e. The first-order chi connectivity index (χ1) is 10.7. The number of fused-ring (bicyclic) bond motifs is 1. The summed E-state index contributed by atoms with van der Waals surface area (Å²) in [5.74, 6) is 1.47. The second-order valence-corrected chi connectivity index (χ2v) is 5.66. The lowest BCUT2D eigenvalue weighted by atomic mass is 10.2. The van der Waals surface area contributed by atoms with Gasteiger partial charge in [-0.1, -0.05) is 47.5 Å². The summed E-state index contributed by atoms with van der Waals surface area (Å²) in [4.78, 5) is 4.56. The molecule has 0 radical (unpaired) electrons. The summed E-state index contributed by atoms with van der Waals surface area (Å²) in [7, 11) is 1.63. The van der Waals surface area contributed by atoms with E-state index in [9.17, 15) is 0 Å². The minimum atomic E-state index is 0.571. The third-order valence-electron chi connectivity index (χ3n) is 3.37. The molecule has 0 aliphatic rings. The van der Waals surface area contributed by atoms with E-state index in [0.29, 0.717) is 16.6 Å². The van der Waals surface area contributed by atoms with E-state index in [1.54, 1.807) is 13.2 Å². The Morgan fingerprint density at radius 1 is 1.09 bits per heavy atom. The van der Waals surface area contributed by atoms with Crippen LogP contribution in [0.5, 0.6) is 5.75 Å². The van der Waals surface area contributed by atoms with Crippen LogP contribution < -0.4 is 10.1 Å². The standard InChI is InChI=1S/C17H14Cl2N2O/c1-22-16-8-12(18)7-6-11(16)10-20-17-9-14(19)13-4-2-3-5-15(13)21-17/h2-9H,10H2,1H3,(H,20,21). The van der Waals surface area contributed by atoms with E-state index >= 15 is 0 Å². The van der Waals surface area contributed by atoms with E-state index in [1.165, 1.54) is 0 Å². The second kappa shape index (κ2) is 6.42. The van der Waals surface area contributed by atoms with Crippen molar-refractivity contribution in [2.45, 2.75) is 6.54 Å². The highest BCUT2D eigenvalue weighted by Crippen LogP contribution is 2.27. The van der Waals surface area contributed by atoms with Gasteiger partial charge in [-0.05, 0) is 24.3 Å².